The number of nitrogens with one attached hydrogen (secondary N) is 1. The lowest BCUT2D eigenvalue weighted by atomic mass is 10.2. The number of anilines is 1. The Morgan fingerprint density at radius 2 is 2.23 bits per heavy atom. The molecule has 31 heavy (non-hydrogen) atoms. The number of ether oxygens (including phenoxy) is 1. The molecule has 8 nitrogen and oxygen atoms in total. The van der Waals surface area contributed by atoms with Gasteiger partial charge in [0.05, 0.1) is 29.9 Å². The van der Waals surface area contributed by atoms with Gasteiger partial charge < -0.3 is 10.1 Å². The maximum Gasteiger partial charge on any atom is 0.261 e. The Morgan fingerprint density at radius 1 is 1.39 bits per heavy atom. The zero-order valence-electron chi connectivity index (χ0n) is 17.5. The number of hydrogen-bond acceptors (Lipinski definition) is 5. The monoisotopic (exact) mass is 440 g/mol. The van der Waals surface area contributed by atoms with Crippen molar-refractivity contribution in [2.24, 2.45) is 5.92 Å². The van der Waals surface area contributed by atoms with Crippen molar-refractivity contribution in [1.82, 2.24) is 24.4 Å². The Hall–Kier alpha value is -2.97. The molecule has 0 spiro atoms. The number of methoxy groups -OCH3 is 1. The minimum absolute atomic E-state index is 0.0168. The zero-order valence-corrected chi connectivity index (χ0v) is 18.3. The Bertz CT molecular complexity index is 1130. The summed E-state index contributed by atoms with van der Waals surface area (Å²) in [6, 6.07) is 1.76. The lowest BCUT2D eigenvalue weighted by molar-refractivity contribution is 0.102. The third kappa shape index (κ3) is 5.21. The fraction of sp³-hybridized carbons (Fsp3) is 0.364. The Labute approximate surface area is 185 Å². The van der Waals surface area contributed by atoms with Crippen LogP contribution < -0.4 is 5.32 Å². The number of rotatable bonds is 9. The van der Waals surface area contributed by atoms with E-state index in [1.54, 1.807) is 36.3 Å². The first-order valence-electron chi connectivity index (χ1n) is 10.3. The molecule has 1 N–H and O–H groups in total. The number of allylic oxidation sites excluding steroid dienone is 3. The maximum absolute atomic E-state index is 12.9. The number of amides is 1. The summed E-state index contributed by atoms with van der Waals surface area (Å²) in [5.41, 5.74) is 2.49. The van der Waals surface area contributed by atoms with Crippen LogP contribution in [-0.4, -0.2) is 43.5 Å². The van der Waals surface area contributed by atoms with Gasteiger partial charge in [-0.15, -0.1) is 0 Å². The lowest BCUT2D eigenvalue weighted by Gasteiger charge is -2.09. The van der Waals surface area contributed by atoms with Crippen LogP contribution in [0.15, 0.2) is 54.1 Å². The van der Waals surface area contributed by atoms with Crippen LogP contribution in [0.3, 0.4) is 0 Å². The molecule has 3 heterocycles. The quantitative estimate of drug-likeness (QED) is 0.511. The summed E-state index contributed by atoms with van der Waals surface area (Å²) in [6.45, 7) is 2.78. The van der Waals surface area contributed by atoms with E-state index in [9.17, 15) is 4.79 Å². The number of halogens is 1. The van der Waals surface area contributed by atoms with Gasteiger partial charge in [0.2, 0.25) is 0 Å². The molecule has 1 fully saturated rings. The molecular formula is C22H25ClN6O2. The van der Waals surface area contributed by atoms with Gasteiger partial charge in [0.25, 0.3) is 5.91 Å². The molecule has 1 saturated carbocycles. The van der Waals surface area contributed by atoms with E-state index in [0.29, 0.717) is 34.3 Å². The van der Waals surface area contributed by atoms with E-state index in [4.69, 9.17) is 16.3 Å². The fourth-order valence-electron chi connectivity index (χ4n) is 3.18. The molecule has 0 bridgehead atoms. The molecule has 0 aromatic carbocycles. The van der Waals surface area contributed by atoms with Gasteiger partial charge in [-0.2, -0.15) is 10.2 Å². The summed E-state index contributed by atoms with van der Waals surface area (Å²) >= 11 is 6.36. The molecular weight excluding hydrogens is 416 g/mol. The van der Waals surface area contributed by atoms with Crippen molar-refractivity contribution >= 4 is 28.8 Å². The Kier molecular flexibility index (Phi) is 6.48. The molecule has 162 valence electrons. The highest BCUT2D eigenvalue weighted by Crippen LogP contribution is 2.32. The number of carbonyl (C=O) groups is 1. The van der Waals surface area contributed by atoms with E-state index in [1.165, 1.54) is 19.0 Å². The molecule has 3 aromatic rings. The Balaban J connectivity index is 1.55. The number of aromatic nitrogens is 5. The molecule has 4 rings (SSSR count). The summed E-state index contributed by atoms with van der Waals surface area (Å²) < 4.78 is 8.74. The molecule has 0 unspecified atom stereocenters. The van der Waals surface area contributed by atoms with Crippen molar-refractivity contribution in [3.63, 3.8) is 0 Å². The fourth-order valence-corrected chi connectivity index (χ4v) is 3.33. The summed E-state index contributed by atoms with van der Waals surface area (Å²) in [4.78, 5) is 17.2. The topological polar surface area (TPSA) is 86.3 Å². The molecule has 0 radical (unpaired) electrons. The highest BCUT2D eigenvalue weighted by Gasteiger charge is 2.24. The standard InChI is InChI=1S/C22H25ClN6O2/c1-15(31-2)4-7-17(23)8-9-20-19(13-26-29(20)14-16-5-6-16)27-22(30)18-12-25-28-11-3-10-24-21(18)28/h3-4,7-8,10-13,15-16H,5-6,9,14H2,1-2H3,(H,27,30)/b7-4-,17-8+/t15-/m0/s1. The molecule has 3 aromatic heterocycles. The van der Waals surface area contributed by atoms with Crippen molar-refractivity contribution < 1.29 is 9.53 Å². The second-order valence-electron chi connectivity index (χ2n) is 7.62. The molecule has 1 aliphatic rings. The van der Waals surface area contributed by atoms with Gasteiger partial charge in [-0.05, 0) is 37.8 Å². The maximum atomic E-state index is 12.9. The van der Waals surface area contributed by atoms with Gasteiger partial charge in [0, 0.05) is 37.5 Å². The normalized spacial score (nSPS) is 15.6. The molecule has 0 aliphatic heterocycles. The molecule has 1 amide bonds. The van der Waals surface area contributed by atoms with E-state index < -0.39 is 0 Å². The van der Waals surface area contributed by atoms with Crippen LogP contribution in [0.25, 0.3) is 5.65 Å². The minimum Gasteiger partial charge on any atom is -0.378 e. The summed E-state index contributed by atoms with van der Waals surface area (Å²) in [5.74, 6) is 0.373. The number of carbonyl (C=O) groups excluding carboxylic acids is 1. The summed E-state index contributed by atoms with van der Waals surface area (Å²) in [7, 11) is 1.65. The molecule has 1 atom stereocenters. The summed E-state index contributed by atoms with van der Waals surface area (Å²) in [6.07, 6.45) is 15.2. The van der Waals surface area contributed by atoms with Crippen molar-refractivity contribution in [3.05, 3.63) is 65.4 Å². The van der Waals surface area contributed by atoms with Crippen LogP contribution in [0.2, 0.25) is 0 Å². The van der Waals surface area contributed by atoms with Crippen molar-refractivity contribution in [2.45, 2.75) is 38.8 Å². The van der Waals surface area contributed by atoms with Gasteiger partial charge in [-0.1, -0.05) is 23.8 Å². The van der Waals surface area contributed by atoms with Crippen LogP contribution in [-0.2, 0) is 17.7 Å². The van der Waals surface area contributed by atoms with E-state index in [0.717, 1.165) is 12.2 Å². The van der Waals surface area contributed by atoms with E-state index in [2.05, 4.69) is 20.5 Å². The van der Waals surface area contributed by atoms with Crippen LogP contribution in [0.5, 0.6) is 0 Å². The van der Waals surface area contributed by atoms with Crippen molar-refractivity contribution in [1.29, 1.82) is 0 Å². The number of fused-ring (bicyclic) bond motifs is 1. The van der Waals surface area contributed by atoms with Crippen molar-refractivity contribution in [2.75, 3.05) is 12.4 Å². The van der Waals surface area contributed by atoms with E-state index >= 15 is 0 Å². The first kappa shape index (κ1) is 21.3. The lowest BCUT2D eigenvalue weighted by Crippen LogP contribution is -2.14. The minimum atomic E-state index is -0.273. The van der Waals surface area contributed by atoms with Gasteiger partial charge in [-0.3, -0.25) is 9.48 Å². The SMILES string of the molecule is CO[C@@H](C)/C=C\C(Cl)=C/Cc1c(NC(=O)c2cnn3cccnc23)cnn1CC1CC1. The van der Waals surface area contributed by atoms with Gasteiger partial charge in [0.15, 0.2) is 5.65 Å². The number of nitrogens with zero attached hydrogens (tertiary/aromatic N) is 5. The molecule has 9 heteroatoms. The van der Waals surface area contributed by atoms with Crippen LogP contribution in [0.1, 0.15) is 35.8 Å². The third-order valence-corrected chi connectivity index (χ3v) is 5.52. The molecule has 0 saturated heterocycles. The smallest absolute Gasteiger partial charge is 0.261 e. The summed E-state index contributed by atoms with van der Waals surface area (Å²) in [5, 5.41) is 12.3. The predicted molar refractivity (Wildman–Crippen MR) is 119 cm³/mol. The largest absolute Gasteiger partial charge is 0.378 e. The first-order valence-corrected chi connectivity index (χ1v) is 10.6. The van der Waals surface area contributed by atoms with E-state index in [-0.39, 0.29) is 12.0 Å². The Morgan fingerprint density at radius 3 is 3.00 bits per heavy atom. The second-order valence-corrected chi connectivity index (χ2v) is 8.06. The highest BCUT2D eigenvalue weighted by atomic mass is 35.5. The highest BCUT2D eigenvalue weighted by molar-refractivity contribution is 6.31. The van der Waals surface area contributed by atoms with Crippen LogP contribution in [0, 0.1) is 5.92 Å². The average molecular weight is 441 g/mol. The molecule has 1 aliphatic carbocycles. The first-order chi connectivity index (χ1) is 15.0. The van der Waals surface area contributed by atoms with Gasteiger partial charge in [0.1, 0.15) is 5.56 Å². The predicted octanol–water partition coefficient (Wildman–Crippen LogP) is 3.84. The third-order valence-electron chi connectivity index (χ3n) is 5.24. The number of hydrogen-bond donors (Lipinski definition) is 1. The van der Waals surface area contributed by atoms with E-state index in [1.807, 2.05) is 29.8 Å². The van der Waals surface area contributed by atoms with Gasteiger partial charge >= 0.3 is 0 Å². The zero-order chi connectivity index (χ0) is 21.8. The van der Waals surface area contributed by atoms with Crippen LogP contribution >= 0.6 is 11.6 Å². The van der Waals surface area contributed by atoms with Crippen molar-refractivity contribution in [3.8, 4) is 0 Å². The second kappa shape index (κ2) is 9.45. The van der Waals surface area contributed by atoms with Gasteiger partial charge in [-0.25, -0.2) is 9.50 Å². The van der Waals surface area contributed by atoms with Crippen LogP contribution in [0.4, 0.5) is 5.69 Å². The average Bonchev–Trinajstić information content (AvgIpc) is 3.36.